The molecule has 0 spiro atoms. The van der Waals surface area contributed by atoms with Crippen LogP contribution in [0.3, 0.4) is 0 Å². The van der Waals surface area contributed by atoms with Crippen LogP contribution in [0.4, 0.5) is 11.4 Å². The first-order chi connectivity index (χ1) is 9.86. The molecule has 0 atom stereocenters. The van der Waals surface area contributed by atoms with E-state index in [2.05, 4.69) is 0 Å². The van der Waals surface area contributed by atoms with Crippen molar-refractivity contribution in [2.24, 2.45) is 0 Å². The molecule has 0 radical (unpaired) electrons. The van der Waals surface area contributed by atoms with Crippen molar-refractivity contribution in [3.8, 4) is 0 Å². The Balaban J connectivity index is 2.48. The predicted molar refractivity (Wildman–Crippen MR) is 87.0 cm³/mol. The molecule has 0 aliphatic carbocycles. The molecule has 0 heterocycles. The monoisotopic (exact) mass is 304 g/mol. The van der Waals surface area contributed by atoms with Crippen molar-refractivity contribution < 1.29 is 8.42 Å². The van der Waals surface area contributed by atoms with Gasteiger partial charge in [0.05, 0.1) is 10.6 Å². The van der Waals surface area contributed by atoms with Crippen LogP contribution in [0.2, 0.25) is 0 Å². The van der Waals surface area contributed by atoms with Crippen molar-refractivity contribution in [1.82, 2.24) is 0 Å². The largest absolute Gasteiger partial charge is 0.398 e. The van der Waals surface area contributed by atoms with E-state index in [0.717, 1.165) is 11.1 Å². The van der Waals surface area contributed by atoms with Gasteiger partial charge in [0.2, 0.25) is 0 Å². The van der Waals surface area contributed by atoms with Gasteiger partial charge in [-0.1, -0.05) is 23.8 Å². The van der Waals surface area contributed by atoms with Crippen LogP contribution in [0, 0.1) is 13.8 Å². The summed E-state index contributed by atoms with van der Waals surface area (Å²) >= 11 is 0. The molecular formula is C16H20N2O2S. The topological polar surface area (TPSA) is 63.4 Å². The summed E-state index contributed by atoms with van der Waals surface area (Å²) < 4.78 is 26.9. The Bertz CT molecular complexity index is 737. The molecule has 21 heavy (non-hydrogen) atoms. The zero-order valence-electron chi connectivity index (χ0n) is 12.5. The van der Waals surface area contributed by atoms with E-state index in [1.165, 1.54) is 4.31 Å². The first kappa shape index (κ1) is 15.4. The molecule has 0 bridgehead atoms. The smallest absolute Gasteiger partial charge is 0.264 e. The molecule has 2 aromatic rings. The van der Waals surface area contributed by atoms with Crippen LogP contribution in [-0.4, -0.2) is 15.0 Å². The number of hydrogen-bond donors (Lipinski definition) is 1. The third-order valence-electron chi connectivity index (χ3n) is 3.45. The van der Waals surface area contributed by atoms with Gasteiger partial charge in [0, 0.05) is 12.2 Å². The van der Waals surface area contributed by atoms with E-state index in [4.69, 9.17) is 5.73 Å². The molecule has 112 valence electrons. The maximum Gasteiger partial charge on any atom is 0.264 e. The molecular weight excluding hydrogens is 284 g/mol. The molecule has 0 amide bonds. The maximum absolute atomic E-state index is 12.8. The second kappa shape index (κ2) is 5.77. The highest BCUT2D eigenvalue weighted by molar-refractivity contribution is 7.92. The highest BCUT2D eigenvalue weighted by atomic mass is 32.2. The number of benzene rings is 2. The highest BCUT2D eigenvalue weighted by Gasteiger charge is 2.23. The zero-order chi connectivity index (χ0) is 15.6. The minimum Gasteiger partial charge on any atom is -0.398 e. The number of rotatable bonds is 4. The van der Waals surface area contributed by atoms with Crippen LogP contribution < -0.4 is 10.0 Å². The number of sulfonamides is 1. The van der Waals surface area contributed by atoms with Crippen molar-refractivity contribution in [1.29, 1.82) is 0 Å². The van der Waals surface area contributed by atoms with Crippen LogP contribution in [0.15, 0.2) is 47.4 Å². The van der Waals surface area contributed by atoms with E-state index in [9.17, 15) is 8.42 Å². The van der Waals surface area contributed by atoms with Crippen molar-refractivity contribution in [2.75, 3.05) is 16.6 Å². The number of nitrogens with two attached hydrogens (primary N) is 1. The van der Waals surface area contributed by atoms with Crippen LogP contribution in [0.1, 0.15) is 18.1 Å². The van der Waals surface area contributed by atoms with Gasteiger partial charge in [0.1, 0.15) is 0 Å². The van der Waals surface area contributed by atoms with Gasteiger partial charge >= 0.3 is 0 Å². The quantitative estimate of drug-likeness (QED) is 0.883. The van der Waals surface area contributed by atoms with Crippen LogP contribution in [-0.2, 0) is 10.0 Å². The lowest BCUT2D eigenvalue weighted by molar-refractivity contribution is 0.592. The van der Waals surface area contributed by atoms with Crippen molar-refractivity contribution in [3.63, 3.8) is 0 Å². The summed E-state index contributed by atoms with van der Waals surface area (Å²) in [5.74, 6) is 0. The number of aryl methyl sites for hydroxylation is 2. The molecule has 0 aliphatic rings. The molecule has 2 N–H and O–H groups in total. The summed E-state index contributed by atoms with van der Waals surface area (Å²) in [6, 6.07) is 12.2. The molecule has 0 fully saturated rings. The Morgan fingerprint density at radius 2 is 1.67 bits per heavy atom. The number of nitrogen functional groups attached to an aromatic ring is 1. The molecule has 0 saturated carbocycles. The lowest BCUT2D eigenvalue weighted by atomic mass is 10.2. The van der Waals surface area contributed by atoms with Crippen LogP contribution in [0.25, 0.3) is 0 Å². The SMILES string of the molecule is CCN(c1ccc(C)c(N)c1)S(=O)(=O)c1ccc(C)cc1. The van der Waals surface area contributed by atoms with Crippen LogP contribution in [0.5, 0.6) is 0 Å². The fourth-order valence-corrected chi connectivity index (χ4v) is 3.58. The van der Waals surface area contributed by atoms with E-state index in [1.54, 1.807) is 36.4 Å². The second-order valence-electron chi connectivity index (χ2n) is 5.02. The standard InChI is InChI=1S/C16H20N2O2S/c1-4-18(14-8-7-13(3)16(17)11-14)21(19,20)15-9-5-12(2)6-10-15/h5-11H,4,17H2,1-3H3. The van der Waals surface area contributed by atoms with Crippen molar-refractivity contribution in [3.05, 3.63) is 53.6 Å². The van der Waals surface area contributed by atoms with E-state index < -0.39 is 10.0 Å². The van der Waals surface area contributed by atoms with Gasteiger partial charge in [-0.2, -0.15) is 0 Å². The molecule has 2 aromatic carbocycles. The fourth-order valence-electron chi connectivity index (χ4n) is 2.11. The maximum atomic E-state index is 12.8. The first-order valence-electron chi connectivity index (χ1n) is 6.82. The summed E-state index contributed by atoms with van der Waals surface area (Å²) in [6.07, 6.45) is 0. The zero-order valence-corrected chi connectivity index (χ0v) is 13.3. The molecule has 0 unspecified atom stereocenters. The summed E-state index contributed by atoms with van der Waals surface area (Å²) in [6.45, 7) is 5.97. The molecule has 4 nitrogen and oxygen atoms in total. The van der Waals surface area contributed by atoms with Crippen molar-refractivity contribution in [2.45, 2.75) is 25.7 Å². The fraction of sp³-hybridized carbons (Fsp3) is 0.250. The molecule has 2 rings (SSSR count). The highest BCUT2D eigenvalue weighted by Crippen LogP contribution is 2.26. The lowest BCUT2D eigenvalue weighted by Crippen LogP contribution is -2.30. The van der Waals surface area contributed by atoms with Gasteiger partial charge in [-0.15, -0.1) is 0 Å². The minimum atomic E-state index is -3.57. The summed E-state index contributed by atoms with van der Waals surface area (Å²) in [5.41, 5.74) is 9.02. The second-order valence-corrected chi connectivity index (χ2v) is 6.89. The minimum absolute atomic E-state index is 0.286. The molecule has 0 aliphatic heterocycles. The van der Waals surface area contributed by atoms with Gasteiger partial charge in [-0.05, 0) is 50.6 Å². The molecule has 0 saturated heterocycles. The van der Waals surface area contributed by atoms with Gasteiger partial charge in [-0.3, -0.25) is 4.31 Å². The van der Waals surface area contributed by atoms with Crippen molar-refractivity contribution >= 4 is 21.4 Å². The van der Waals surface area contributed by atoms with Gasteiger partial charge in [0.15, 0.2) is 0 Å². The third kappa shape index (κ3) is 3.03. The van der Waals surface area contributed by atoms with Gasteiger partial charge in [-0.25, -0.2) is 8.42 Å². The number of hydrogen-bond acceptors (Lipinski definition) is 3. The summed E-state index contributed by atoms with van der Waals surface area (Å²) in [5, 5.41) is 0. The Morgan fingerprint density at radius 1 is 1.05 bits per heavy atom. The third-order valence-corrected chi connectivity index (χ3v) is 5.36. The first-order valence-corrected chi connectivity index (χ1v) is 8.26. The van der Waals surface area contributed by atoms with E-state index in [-0.39, 0.29) is 4.90 Å². The van der Waals surface area contributed by atoms with Gasteiger partial charge in [0.25, 0.3) is 10.0 Å². The predicted octanol–water partition coefficient (Wildman–Crippen LogP) is 3.10. The Kier molecular flexibility index (Phi) is 4.23. The van der Waals surface area contributed by atoms with Crippen LogP contribution >= 0.6 is 0 Å². The lowest BCUT2D eigenvalue weighted by Gasteiger charge is -2.23. The average Bonchev–Trinajstić information content (AvgIpc) is 2.44. The summed E-state index contributed by atoms with van der Waals surface area (Å²) in [4.78, 5) is 0.286. The number of nitrogens with zero attached hydrogens (tertiary/aromatic N) is 1. The normalized spacial score (nSPS) is 11.4. The Hall–Kier alpha value is -2.01. The average molecular weight is 304 g/mol. The number of anilines is 2. The van der Waals surface area contributed by atoms with E-state index in [1.807, 2.05) is 26.8 Å². The molecule has 5 heteroatoms. The van der Waals surface area contributed by atoms with E-state index in [0.29, 0.717) is 17.9 Å². The van der Waals surface area contributed by atoms with Gasteiger partial charge < -0.3 is 5.73 Å². The Morgan fingerprint density at radius 3 is 2.19 bits per heavy atom. The van der Waals surface area contributed by atoms with E-state index >= 15 is 0 Å². The molecule has 0 aromatic heterocycles. The summed E-state index contributed by atoms with van der Waals surface area (Å²) in [7, 11) is -3.57. The Labute approximate surface area is 126 Å².